The highest BCUT2D eigenvalue weighted by Gasteiger charge is 2.23. The number of aliphatic imine (C=N–C) groups is 1. The molecule has 5 nitrogen and oxygen atoms in total. The molecule has 1 amide bonds. The van der Waals surface area contributed by atoms with E-state index in [1.54, 1.807) is 7.05 Å². The van der Waals surface area contributed by atoms with Crippen molar-refractivity contribution in [1.29, 1.82) is 0 Å². The van der Waals surface area contributed by atoms with Gasteiger partial charge in [-0.1, -0.05) is 43.2 Å². The van der Waals surface area contributed by atoms with Crippen LogP contribution in [0, 0.1) is 5.92 Å². The molecule has 0 radical (unpaired) electrons. The molecule has 0 bridgehead atoms. The van der Waals surface area contributed by atoms with Gasteiger partial charge < -0.3 is 15.5 Å². The lowest BCUT2D eigenvalue weighted by Gasteiger charge is -2.32. The molecular formula is C21H32N4O. The lowest BCUT2D eigenvalue weighted by Crippen LogP contribution is -2.48. The van der Waals surface area contributed by atoms with Gasteiger partial charge in [-0.3, -0.25) is 9.79 Å². The molecule has 1 aliphatic carbocycles. The highest BCUT2D eigenvalue weighted by molar-refractivity contribution is 5.86. The number of piperidine rings is 1. The van der Waals surface area contributed by atoms with Crippen LogP contribution < -0.4 is 10.6 Å². The third-order valence-corrected chi connectivity index (χ3v) is 5.66. The van der Waals surface area contributed by atoms with Crippen molar-refractivity contribution in [3.05, 3.63) is 35.9 Å². The van der Waals surface area contributed by atoms with Gasteiger partial charge in [0.25, 0.3) is 0 Å². The van der Waals surface area contributed by atoms with Crippen LogP contribution in [0.2, 0.25) is 0 Å². The van der Waals surface area contributed by atoms with Gasteiger partial charge in [-0.2, -0.15) is 0 Å². The Bertz CT molecular complexity index is 587. The summed E-state index contributed by atoms with van der Waals surface area (Å²) in [5, 5.41) is 6.62. The van der Waals surface area contributed by atoms with Crippen molar-refractivity contribution in [1.82, 2.24) is 15.5 Å². The molecule has 1 heterocycles. The quantitative estimate of drug-likeness (QED) is 0.630. The number of nitrogens with zero attached hydrogens (tertiary/aromatic N) is 2. The molecule has 1 saturated heterocycles. The molecule has 1 aliphatic heterocycles. The molecule has 5 heteroatoms. The van der Waals surface area contributed by atoms with Crippen molar-refractivity contribution in [2.45, 2.75) is 51.0 Å². The predicted molar refractivity (Wildman–Crippen MR) is 106 cm³/mol. The summed E-state index contributed by atoms with van der Waals surface area (Å²) in [5.74, 6) is 1.62. The maximum atomic E-state index is 12.5. The summed E-state index contributed by atoms with van der Waals surface area (Å²) in [6, 6.07) is 11.2. The number of benzene rings is 1. The van der Waals surface area contributed by atoms with Gasteiger partial charge in [0, 0.05) is 26.2 Å². The zero-order valence-electron chi connectivity index (χ0n) is 15.9. The smallest absolute Gasteiger partial charge is 0.241 e. The highest BCUT2D eigenvalue weighted by atomic mass is 16.2. The van der Waals surface area contributed by atoms with Gasteiger partial charge in [0.15, 0.2) is 5.96 Å². The van der Waals surface area contributed by atoms with E-state index < -0.39 is 0 Å². The van der Waals surface area contributed by atoms with Crippen LogP contribution >= 0.6 is 0 Å². The third kappa shape index (κ3) is 5.48. The second-order valence-electron chi connectivity index (χ2n) is 7.57. The van der Waals surface area contributed by atoms with Crippen molar-refractivity contribution < 1.29 is 4.79 Å². The van der Waals surface area contributed by atoms with Gasteiger partial charge in [0.1, 0.15) is 0 Å². The largest absolute Gasteiger partial charge is 0.354 e. The second-order valence-corrected chi connectivity index (χ2v) is 7.57. The molecule has 26 heavy (non-hydrogen) atoms. The summed E-state index contributed by atoms with van der Waals surface area (Å²) in [7, 11) is 1.77. The molecule has 1 saturated carbocycles. The third-order valence-electron chi connectivity index (χ3n) is 5.66. The van der Waals surface area contributed by atoms with Crippen LogP contribution in [-0.4, -0.2) is 49.5 Å². The summed E-state index contributed by atoms with van der Waals surface area (Å²) in [5.41, 5.74) is 1.40. The van der Waals surface area contributed by atoms with E-state index in [9.17, 15) is 4.79 Å². The molecule has 1 aromatic carbocycles. The Morgan fingerprint density at radius 2 is 1.81 bits per heavy atom. The number of carbonyl (C=O) groups is 1. The van der Waals surface area contributed by atoms with Crippen molar-refractivity contribution in [2.75, 3.05) is 26.7 Å². The van der Waals surface area contributed by atoms with Crippen LogP contribution in [0.1, 0.15) is 44.1 Å². The van der Waals surface area contributed by atoms with Gasteiger partial charge in [-0.25, -0.2) is 0 Å². The first-order chi connectivity index (χ1) is 12.7. The monoisotopic (exact) mass is 356 g/mol. The maximum absolute atomic E-state index is 12.5. The minimum Gasteiger partial charge on any atom is -0.354 e. The maximum Gasteiger partial charge on any atom is 0.241 e. The number of nitrogens with one attached hydrogen (secondary N) is 2. The van der Waals surface area contributed by atoms with Crippen molar-refractivity contribution >= 4 is 11.9 Å². The zero-order valence-corrected chi connectivity index (χ0v) is 15.9. The molecule has 1 aromatic rings. The van der Waals surface area contributed by atoms with Gasteiger partial charge >= 0.3 is 0 Å². The van der Waals surface area contributed by atoms with E-state index in [-0.39, 0.29) is 5.91 Å². The summed E-state index contributed by atoms with van der Waals surface area (Å²) < 4.78 is 0. The minimum absolute atomic E-state index is 0.178. The first-order valence-electron chi connectivity index (χ1n) is 10.0. The van der Waals surface area contributed by atoms with E-state index in [1.165, 1.54) is 31.2 Å². The number of carbonyl (C=O) groups excluding carboxylic acids is 1. The molecular weight excluding hydrogens is 324 g/mol. The van der Waals surface area contributed by atoms with Crippen molar-refractivity contribution in [2.24, 2.45) is 10.9 Å². The summed E-state index contributed by atoms with van der Waals surface area (Å²) >= 11 is 0. The highest BCUT2D eigenvalue weighted by Crippen LogP contribution is 2.21. The topological polar surface area (TPSA) is 56.7 Å². The Kier molecular flexibility index (Phi) is 6.92. The normalized spacial score (nSPS) is 19.6. The van der Waals surface area contributed by atoms with Gasteiger partial charge in [-0.05, 0) is 43.6 Å². The van der Waals surface area contributed by atoms with Crippen LogP contribution in [0.15, 0.2) is 35.3 Å². The van der Waals surface area contributed by atoms with Crippen molar-refractivity contribution in [3.63, 3.8) is 0 Å². The van der Waals surface area contributed by atoms with Crippen LogP contribution in [0.3, 0.4) is 0 Å². The van der Waals surface area contributed by atoms with E-state index >= 15 is 0 Å². The molecule has 2 N–H and O–H groups in total. The van der Waals surface area contributed by atoms with Gasteiger partial charge in [-0.15, -0.1) is 0 Å². The number of rotatable bonds is 5. The van der Waals surface area contributed by atoms with Gasteiger partial charge in [0.2, 0.25) is 5.91 Å². The summed E-state index contributed by atoms with van der Waals surface area (Å²) in [6.07, 6.45) is 8.27. The Labute approximate surface area is 157 Å². The molecule has 0 unspecified atom stereocenters. The average Bonchev–Trinajstić information content (AvgIpc) is 3.19. The molecule has 3 rings (SSSR count). The first-order valence-corrected chi connectivity index (χ1v) is 10.0. The standard InChI is InChI=1S/C21H32N4O/c1-22-21(24-19-9-5-6-10-19)23-16-20(26)25-13-11-18(12-14-25)15-17-7-3-2-4-8-17/h2-4,7-8,18-19H,5-6,9-16H2,1H3,(H2,22,23,24). The van der Waals surface area contributed by atoms with E-state index in [0.717, 1.165) is 38.3 Å². The van der Waals surface area contributed by atoms with Crippen molar-refractivity contribution in [3.8, 4) is 0 Å². The van der Waals surface area contributed by atoms with E-state index in [2.05, 4.69) is 46.0 Å². The van der Waals surface area contributed by atoms with Crippen LogP contribution in [0.4, 0.5) is 0 Å². The fourth-order valence-corrected chi connectivity index (χ4v) is 4.06. The van der Waals surface area contributed by atoms with E-state index in [1.807, 2.05) is 4.90 Å². The number of likely N-dealkylation sites (tertiary alicyclic amines) is 1. The Hall–Kier alpha value is -2.04. The lowest BCUT2D eigenvalue weighted by molar-refractivity contribution is -0.131. The number of hydrogen-bond acceptors (Lipinski definition) is 2. The molecule has 142 valence electrons. The number of hydrogen-bond donors (Lipinski definition) is 2. The van der Waals surface area contributed by atoms with Crippen LogP contribution in [0.25, 0.3) is 0 Å². The molecule has 0 atom stereocenters. The molecule has 0 aromatic heterocycles. The molecule has 0 spiro atoms. The molecule has 2 fully saturated rings. The Balaban J connectivity index is 1.37. The predicted octanol–water partition coefficient (Wildman–Crippen LogP) is 2.58. The van der Waals surface area contributed by atoms with Gasteiger partial charge in [0.05, 0.1) is 6.54 Å². The fraction of sp³-hybridized carbons (Fsp3) is 0.619. The number of guanidine groups is 1. The first kappa shape index (κ1) is 18.7. The Morgan fingerprint density at radius 1 is 1.12 bits per heavy atom. The number of amides is 1. The fourth-order valence-electron chi connectivity index (χ4n) is 4.06. The second kappa shape index (κ2) is 9.60. The summed E-state index contributed by atoms with van der Waals surface area (Å²) in [4.78, 5) is 18.7. The average molecular weight is 357 g/mol. The molecule has 2 aliphatic rings. The lowest BCUT2D eigenvalue weighted by atomic mass is 9.90. The minimum atomic E-state index is 0.178. The van der Waals surface area contributed by atoms with E-state index in [4.69, 9.17) is 0 Å². The van der Waals surface area contributed by atoms with Crippen LogP contribution in [-0.2, 0) is 11.2 Å². The summed E-state index contributed by atoms with van der Waals surface area (Å²) in [6.45, 7) is 2.06. The van der Waals surface area contributed by atoms with Crippen LogP contribution in [0.5, 0.6) is 0 Å². The SMILES string of the molecule is CN=C(NCC(=O)N1CCC(Cc2ccccc2)CC1)NC1CCCC1. The van der Waals surface area contributed by atoms with E-state index in [0.29, 0.717) is 18.5 Å². The Morgan fingerprint density at radius 3 is 2.46 bits per heavy atom. The zero-order chi connectivity index (χ0) is 18.2.